The van der Waals surface area contributed by atoms with E-state index in [4.69, 9.17) is 16.7 Å². The first kappa shape index (κ1) is 18.4. The van der Waals surface area contributed by atoms with Crippen LogP contribution in [0.1, 0.15) is 32.3 Å². The second-order valence-corrected chi connectivity index (χ2v) is 8.04. The molecule has 0 heterocycles. The lowest BCUT2D eigenvalue weighted by Crippen LogP contribution is -2.34. The molecule has 0 unspecified atom stereocenters. The molecule has 0 saturated heterocycles. The fourth-order valence-electron chi connectivity index (χ4n) is 1.96. The SMILES string of the molecule is CC(C)(CCCO)CNS(=O)(=O)c1ccc(CCCl)cc1. The van der Waals surface area contributed by atoms with E-state index in [9.17, 15) is 8.42 Å². The Bertz CT molecular complexity index is 526. The summed E-state index contributed by atoms with van der Waals surface area (Å²) in [6.45, 7) is 4.43. The molecule has 2 N–H and O–H groups in total. The van der Waals surface area contributed by atoms with E-state index < -0.39 is 10.0 Å². The Labute approximate surface area is 132 Å². The molecule has 0 fully saturated rings. The molecule has 1 aromatic rings. The van der Waals surface area contributed by atoms with Crippen LogP contribution in [0.25, 0.3) is 0 Å². The molecule has 120 valence electrons. The number of halogens is 1. The van der Waals surface area contributed by atoms with E-state index in [1.165, 1.54) is 0 Å². The van der Waals surface area contributed by atoms with Crippen LogP contribution in [0, 0.1) is 5.41 Å². The van der Waals surface area contributed by atoms with Gasteiger partial charge in [0.05, 0.1) is 4.90 Å². The average Bonchev–Trinajstić information content (AvgIpc) is 2.44. The number of aliphatic hydroxyl groups is 1. The fourth-order valence-corrected chi connectivity index (χ4v) is 3.42. The molecule has 21 heavy (non-hydrogen) atoms. The van der Waals surface area contributed by atoms with Gasteiger partial charge in [0.25, 0.3) is 0 Å². The Morgan fingerprint density at radius 1 is 1.24 bits per heavy atom. The molecule has 0 atom stereocenters. The van der Waals surface area contributed by atoms with Crippen molar-refractivity contribution in [2.45, 2.75) is 38.0 Å². The van der Waals surface area contributed by atoms with Crippen molar-refractivity contribution in [2.24, 2.45) is 5.41 Å². The summed E-state index contributed by atoms with van der Waals surface area (Å²) < 4.78 is 27.1. The van der Waals surface area contributed by atoms with E-state index in [0.717, 1.165) is 18.4 Å². The van der Waals surface area contributed by atoms with Crippen molar-refractivity contribution in [3.8, 4) is 0 Å². The van der Waals surface area contributed by atoms with Crippen molar-refractivity contribution in [1.82, 2.24) is 4.72 Å². The molecule has 0 aromatic heterocycles. The van der Waals surface area contributed by atoms with Gasteiger partial charge in [0.2, 0.25) is 10.0 Å². The molecule has 0 amide bonds. The molecular weight excluding hydrogens is 310 g/mol. The number of alkyl halides is 1. The number of hydrogen-bond donors (Lipinski definition) is 2. The highest BCUT2D eigenvalue weighted by Gasteiger charge is 2.21. The van der Waals surface area contributed by atoms with Gasteiger partial charge in [0.1, 0.15) is 0 Å². The highest BCUT2D eigenvalue weighted by molar-refractivity contribution is 7.89. The van der Waals surface area contributed by atoms with Crippen LogP contribution in [0.4, 0.5) is 0 Å². The zero-order chi connectivity index (χ0) is 15.9. The zero-order valence-electron chi connectivity index (χ0n) is 12.6. The normalized spacial score (nSPS) is 12.6. The minimum atomic E-state index is -3.50. The Morgan fingerprint density at radius 2 is 1.86 bits per heavy atom. The van der Waals surface area contributed by atoms with Crippen molar-refractivity contribution in [1.29, 1.82) is 0 Å². The van der Waals surface area contributed by atoms with E-state index in [0.29, 0.717) is 18.8 Å². The lowest BCUT2D eigenvalue weighted by molar-refractivity contribution is 0.242. The van der Waals surface area contributed by atoms with Crippen LogP contribution in [0.2, 0.25) is 0 Å². The van der Waals surface area contributed by atoms with E-state index in [1.807, 2.05) is 13.8 Å². The summed E-state index contributed by atoms with van der Waals surface area (Å²) >= 11 is 5.66. The van der Waals surface area contributed by atoms with Crippen molar-refractivity contribution < 1.29 is 13.5 Å². The van der Waals surface area contributed by atoms with E-state index in [1.54, 1.807) is 24.3 Å². The third-order valence-corrected chi connectivity index (χ3v) is 4.98. The minimum Gasteiger partial charge on any atom is -0.396 e. The first-order valence-corrected chi connectivity index (χ1v) is 9.08. The number of aryl methyl sites for hydroxylation is 1. The number of benzene rings is 1. The summed E-state index contributed by atoms with van der Waals surface area (Å²) in [5.41, 5.74) is 0.834. The summed E-state index contributed by atoms with van der Waals surface area (Å²) in [6.07, 6.45) is 2.16. The van der Waals surface area contributed by atoms with Crippen molar-refractivity contribution in [3.05, 3.63) is 29.8 Å². The van der Waals surface area contributed by atoms with Crippen LogP contribution < -0.4 is 4.72 Å². The lowest BCUT2D eigenvalue weighted by atomic mass is 9.88. The van der Waals surface area contributed by atoms with Crippen LogP contribution in [0.15, 0.2) is 29.2 Å². The van der Waals surface area contributed by atoms with E-state index in [2.05, 4.69) is 4.72 Å². The maximum Gasteiger partial charge on any atom is 0.240 e. The van der Waals surface area contributed by atoms with Crippen LogP contribution in [0.3, 0.4) is 0 Å². The third kappa shape index (κ3) is 6.34. The molecule has 0 spiro atoms. The monoisotopic (exact) mass is 333 g/mol. The maximum absolute atomic E-state index is 12.2. The van der Waals surface area contributed by atoms with Crippen LogP contribution in [-0.2, 0) is 16.4 Å². The zero-order valence-corrected chi connectivity index (χ0v) is 14.2. The topological polar surface area (TPSA) is 66.4 Å². The smallest absolute Gasteiger partial charge is 0.240 e. The Balaban J connectivity index is 2.68. The van der Waals surface area contributed by atoms with Gasteiger partial charge in [0.15, 0.2) is 0 Å². The quantitative estimate of drug-likeness (QED) is 0.682. The molecule has 4 nitrogen and oxygen atoms in total. The summed E-state index contributed by atoms with van der Waals surface area (Å²) in [6, 6.07) is 6.78. The van der Waals surface area contributed by atoms with Crippen molar-refractivity contribution in [3.63, 3.8) is 0 Å². The Kier molecular flexibility index (Phi) is 7.13. The summed E-state index contributed by atoms with van der Waals surface area (Å²) in [4.78, 5) is 0.263. The lowest BCUT2D eigenvalue weighted by Gasteiger charge is -2.24. The molecule has 0 radical (unpaired) electrons. The molecule has 6 heteroatoms. The third-order valence-electron chi connectivity index (χ3n) is 3.37. The van der Waals surface area contributed by atoms with Gasteiger partial charge in [-0.05, 0) is 42.4 Å². The van der Waals surface area contributed by atoms with Gasteiger partial charge in [-0.3, -0.25) is 0 Å². The summed E-state index contributed by atoms with van der Waals surface area (Å²) in [5, 5.41) is 8.86. The van der Waals surface area contributed by atoms with Crippen molar-refractivity contribution >= 4 is 21.6 Å². The molecule has 1 aromatic carbocycles. The van der Waals surface area contributed by atoms with Crippen LogP contribution in [0.5, 0.6) is 0 Å². The molecule has 0 aliphatic carbocycles. The van der Waals surface area contributed by atoms with E-state index >= 15 is 0 Å². The van der Waals surface area contributed by atoms with Gasteiger partial charge in [-0.15, -0.1) is 11.6 Å². The number of hydrogen-bond acceptors (Lipinski definition) is 3. The van der Waals surface area contributed by atoms with Gasteiger partial charge >= 0.3 is 0 Å². The second-order valence-electron chi connectivity index (χ2n) is 5.90. The average molecular weight is 334 g/mol. The number of rotatable bonds is 9. The molecule has 0 aliphatic rings. The molecule has 1 rings (SSSR count). The van der Waals surface area contributed by atoms with Gasteiger partial charge in [0, 0.05) is 19.0 Å². The second kappa shape index (κ2) is 8.13. The predicted octanol–water partition coefficient (Wildman–Crippen LogP) is 2.54. The molecular formula is C15H24ClNO3S. The van der Waals surface area contributed by atoms with Crippen molar-refractivity contribution in [2.75, 3.05) is 19.0 Å². The van der Waals surface area contributed by atoms with Gasteiger partial charge < -0.3 is 5.11 Å². The summed E-state index contributed by atoms with van der Waals surface area (Å²) in [7, 11) is -3.50. The first-order chi connectivity index (χ1) is 9.80. The van der Waals surface area contributed by atoms with Crippen LogP contribution in [-0.4, -0.2) is 32.6 Å². The van der Waals surface area contributed by atoms with Gasteiger partial charge in [-0.1, -0.05) is 26.0 Å². The Hall–Kier alpha value is -0.620. The largest absolute Gasteiger partial charge is 0.396 e. The first-order valence-electron chi connectivity index (χ1n) is 7.06. The highest BCUT2D eigenvalue weighted by Crippen LogP contribution is 2.22. The number of sulfonamides is 1. The maximum atomic E-state index is 12.2. The number of nitrogens with one attached hydrogen (secondary N) is 1. The predicted molar refractivity (Wildman–Crippen MR) is 86.2 cm³/mol. The number of aliphatic hydroxyl groups excluding tert-OH is 1. The highest BCUT2D eigenvalue weighted by atomic mass is 35.5. The summed E-state index contributed by atoms with van der Waals surface area (Å²) in [5.74, 6) is 0.517. The van der Waals surface area contributed by atoms with Crippen LogP contribution >= 0.6 is 11.6 Å². The Morgan fingerprint density at radius 3 is 2.38 bits per heavy atom. The molecule has 0 saturated carbocycles. The molecule has 0 aliphatic heterocycles. The van der Waals surface area contributed by atoms with E-state index in [-0.39, 0.29) is 16.9 Å². The molecule has 0 bridgehead atoms. The standard InChI is InChI=1S/C15H24ClNO3S/c1-15(2,9-3-11-18)12-17-21(19,20)14-6-4-13(5-7-14)8-10-16/h4-7,17-18H,3,8-12H2,1-2H3. The van der Waals surface area contributed by atoms with Gasteiger partial charge in [-0.25, -0.2) is 13.1 Å². The fraction of sp³-hybridized carbons (Fsp3) is 0.600. The van der Waals surface area contributed by atoms with Gasteiger partial charge in [-0.2, -0.15) is 0 Å². The minimum absolute atomic E-state index is 0.123.